The van der Waals surface area contributed by atoms with Crippen molar-refractivity contribution in [2.24, 2.45) is 0 Å². The van der Waals surface area contributed by atoms with E-state index in [4.69, 9.17) is 56.9 Å². The monoisotopic (exact) mass is 372 g/mol. The Morgan fingerprint density at radius 3 is 1.14 bits per heavy atom. The molecule has 0 bridgehead atoms. The molecule has 0 radical (unpaired) electrons. The topological polar surface area (TPSA) is 66.0 Å². The zero-order valence-corrected chi connectivity index (χ0v) is 13.6. The minimum atomic E-state index is 0.193. The average Bonchev–Trinajstić information content (AvgIpc) is 2.41. The second-order valence-electron chi connectivity index (χ2n) is 3.91. The van der Waals surface area contributed by atoms with Crippen LogP contribution in [0.5, 0.6) is 11.5 Å². The molecule has 0 spiro atoms. The first kappa shape index (κ1) is 16.5. The van der Waals surface area contributed by atoms with Crippen molar-refractivity contribution in [1.29, 1.82) is 10.5 Å². The van der Waals surface area contributed by atoms with Crippen molar-refractivity contribution in [2.45, 2.75) is 0 Å². The largest absolute Gasteiger partial charge is 0.388 e. The van der Waals surface area contributed by atoms with Crippen molar-refractivity contribution in [3.8, 4) is 35.1 Å². The third kappa shape index (κ3) is 3.32. The number of hydrogen-bond donors (Lipinski definition) is 0. The molecule has 8 heteroatoms. The molecule has 0 atom stereocenters. The van der Waals surface area contributed by atoms with Gasteiger partial charge in [-0.15, -0.1) is 10.5 Å². The van der Waals surface area contributed by atoms with Crippen LogP contribution < -0.4 is 9.47 Å². The number of ether oxygens (including phenoxy) is 2. The van der Waals surface area contributed by atoms with Gasteiger partial charge in [-0.1, -0.05) is 46.4 Å². The van der Waals surface area contributed by atoms with Crippen molar-refractivity contribution in [2.75, 3.05) is 0 Å². The van der Waals surface area contributed by atoms with E-state index in [1.54, 1.807) is 0 Å². The number of hydrogen-bond acceptors (Lipinski definition) is 4. The lowest BCUT2D eigenvalue weighted by Crippen LogP contribution is -1.90. The van der Waals surface area contributed by atoms with E-state index in [9.17, 15) is 0 Å². The van der Waals surface area contributed by atoms with E-state index >= 15 is 0 Å². The normalized spacial score (nSPS) is 9.73. The first-order valence-electron chi connectivity index (χ1n) is 5.58. The van der Waals surface area contributed by atoms with E-state index in [1.165, 1.54) is 36.8 Å². The zero-order valence-electron chi connectivity index (χ0n) is 10.5. The Hall–Kier alpha value is -1.82. The van der Waals surface area contributed by atoms with Crippen molar-refractivity contribution >= 4 is 46.4 Å². The molecular formula is C14H4Cl4N2O2. The molecular weight excluding hydrogens is 370 g/mol. The van der Waals surface area contributed by atoms with Crippen molar-refractivity contribution in [1.82, 2.24) is 0 Å². The summed E-state index contributed by atoms with van der Waals surface area (Å²) in [7, 11) is 0. The lowest BCUT2D eigenvalue weighted by Gasteiger charge is -2.13. The van der Waals surface area contributed by atoms with Gasteiger partial charge in [0.2, 0.25) is 0 Å². The van der Waals surface area contributed by atoms with E-state index in [0.29, 0.717) is 11.1 Å². The third-order valence-electron chi connectivity index (χ3n) is 2.61. The van der Waals surface area contributed by atoms with Gasteiger partial charge in [-0.05, 0) is 0 Å². The predicted octanol–water partition coefficient (Wildman–Crippen LogP) is 5.69. The highest BCUT2D eigenvalue weighted by molar-refractivity contribution is 6.44. The summed E-state index contributed by atoms with van der Waals surface area (Å²) in [6.07, 6.45) is 3.05. The SMILES string of the molecule is N#COc1cc(Cl)c(-c2c(Cl)cc(OC#N)cc2Cl)c(Cl)c1. The standard InChI is InChI=1S/C14H4Cl4N2O2/c15-9-1-7(21-5-19)2-10(16)13(9)14-11(17)3-8(22-6-20)4-12(14)18/h1-4H. The Labute approximate surface area is 145 Å². The number of rotatable bonds is 3. The quantitative estimate of drug-likeness (QED) is 0.648. The van der Waals surface area contributed by atoms with Crippen molar-refractivity contribution in [3.63, 3.8) is 0 Å². The maximum absolute atomic E-state index is 8.52. The Morgan fingerprint density at radius 2 is 0.909 bits per heavy atom. The van der Waals surface area contributed by atoms with Crippen LogP contribution in [0.2, 0.25) is 20.1 Å². The van der Waals surface area contributed by atoms with E-state index < -0.39 is 0 Å². The van der Waals surface area contributed by atoms with Crippen molar-refractivity contribution in [3.05, 3.63) is 44.4 Å². The fraction of sp³-hybridized carbons (Fsp3) is 0. The van der Waals surface area contributed by atoms with Crippen LogP contribution in [-0.4, -0.2) is 0 Å². The smallest absolute Gasteiger partial charge is 0.292 e. The van der Waals surface area contributed by atoms with Gasteiger partial charge in [0.1, 0.15) is 11.5 Å². The summed E-state index contributed by atoms with van der Waals surface area (Å²) in [4.78, 5) is 0. The van der Waals surface area contributed by atoms with E-state index in [0.717, 1.165) is 0 Å². The highest BCUT2D eigenvalue weighted by atomic mass is 35.5. The average molecular weight is 374 g/mol. The maximum atomic E-state index is 8.52. The van der Waals surface area contributed by atoms with Gasteiger partial charge >= 0.3 is 0 Å². The molecule has 0 unspecified atom stereocenters. The Balaban J connectivity index is 2.63. The van der Waals surface area contributed by atoms with E-state index in [2.05, 4.69) is 9.47 Å². The Bertz CT molecular complexity index is 709. The van der Waals surface area contributed by atoms with Crippen LogP contribution in [0.25, 0.3) is 11.1 Å². The summed E-state index contributed by atoms with van der Waals surface area (Å²) in [5.74, 6) is 0.385. The van der Waals surface area contributed by atoms with Gasteiger partial charge in [0, 0.05) is 35.4 Å². The van der Waals surface area contributed by atoms with Crippen molar-refractivity contribution < 1.29 is 9.47 Å². The van der Waals surface area contributed by atoms with Crippen LogP contribution in [0.1, 0.15) is 0 Å². The summed E-state index contributed by atoms with van der Waals surface area (Å²) in [6, 6.07) is 5.66. The minimum absolute atomic E-state index is 0.193. The van der Waals surface area contributed by atoms with Crippen LogP contribution in [-0.2, 0) is 0 Å². The second kappa shape index (κ2) is 6.96. The molecule has 2 aromatic carbocycles. The molecule has 0 amide bonds. The van der Waals surface area contributed by atoms with Crippen LogP contribution >= 0.6 is 46.4 Å². The Morgan fingerprint density at radius 1 is 0.636 bits per heavy atom. The number of nitriles is 2. The highest BCUT2D eigenvalue weighted by Crippen LogP contribution is 2.45. The fourth-order valence-electron chi connectivity index (χ4n) is 1.80. The van der Waals surface area contributed by atoms with Crippen LogP contribution in [0.3, 0.4) is 0 Å². The number of halogens is 4. The fourth-order valence-corrected chi connectivity index (χ4v) is 3.11. The summed E-state index contributed by atoms with van der Waals surface area (Å²) in [5, 5.41) is 17.8. The molecule has 110 valence electrons. The summed E-state index contributed by atoms with van der Waals surface area (Å²) < 4.78 is 9.37. The summed E-state index contributed by atoms with van der Waals surface area (Å²) in [6.45, 7) is 0. The molecule has 0 aliphatic heterocycles. The maximum Gasteiger partial charge on any atom is 0.292 e. The number of benzene rings is 2. The minimum Gasteiger partial charge on any atom is -0.388 e. The van der Waals surface area contributed by atoms with E-state index in [1.807, 2.05) is 0 Å². The molecule has 0 aliphatic rings. The van der Waals surface area contributed by atoms with Gasteiger partial charge < -0.3 is 9.47 Å². The summed E-state index contributed by atoms with van der Waals surface area (Å²) in [5.41, 5.74) is 0.763. The molecule has 0 N–H and O–H groups in total. The molecule has 4 nitrogen and oxygen atoms in total. The molecule has 0 heterocycles. The van der Waals surface area contributed by atoms with Gasteiger partial charge in [0.15, 0.2) is 0 Å². The second-order valence-corrected chi connectivity index (χ2v) is 5.54. The Kier molecular flexibility index (Phi) is 5.24. The first-order valence-corrected chi connectivity index (χ1v) is 7.09. The van der Waals surface area contributed by atoms with E-state index in [-0.39, 0.29) is 31.6 Å². The summed E-state index contributed by atoms with van der Waals surface area (Å²) >= 11 is 24.7. The van der Waals surface area contributed by atoms with Crippen LogP contribution in [0.4, 0.5) is 0 Å². The van der Waals surface area contributed by atoms with Gasteiger partial charge in [-0.25, -0.2) is 0 Å². The van der Waals surface area contributed by atoms with Gasteiger partial charge in [0.05, 0.1) is 20.1 Å². The van der Waals surface area contributed by atoms with Gasteiger partial charge in [-0.2, -0.15) is 0 Å². The molecule has 2 aromatic rings. The van der Waals surface area contributed by atoms with Crippen LogP contribution in [0.15, 0.2) is 24.3 Å². The molecule has 2 rings (SSSR count). The third-order valence-corrected chi connectivity index (χ3v) is 3.80. The van der Waals surface area contributed by atoms with Crippen LogP contribution in [0, 0.1) is 23.0 Å². The van der Waals surface area contributed by atoms with Gasteiger partial charge in [0.25, 0.3) is 12.5 Å². The highest BCUT2D eigenvalue weighted by Gasteiger charge is 2.18. The zero-order chi connectivity index (χ0) is 16.3. The molecule has 0 aliphatic carbocycles. The lowest BCUT2D eigenvalue weighted by molar-refractivity contribution is 0.507. The molecule has 0 saturated carbocycles. The first-order chi connectivity index (χ1) is 10.5. The number of nitrogens with zero attached hydrogens (tertiary/aromatic N) is 2. The molecule has 0 fully saturated rings. The van der Waals surface area contributed by atoms with Gasteiger partial charge in [-0.3, -0.25) is 0 Å². The predicted molar refractivity (Wildman–Crippen MR) is 84.4 cm³/mol. The molecule has 0 saturated heterocycles. The molecule has 0 aromatic heterocycles. The lowest BCUT2D eigenvalue weighted by atomic mass is 10.0. The molecule has 22 heavy (non-hydrogen) atoms.